The van der Waals surface area contributed by atoms with E-state index in [1.54, 1.807) is 45.6 Å². The van der Waals surface area contributed by atoms with Crippen molar-refractivity contribution in [1.29, 1.82) is 0 Å². The Kier molecular flexibility index (Phi) is 4.61. The molecule has 0 aliphatic rings. The third kappa shape index (κ3) is 2.91. The monoisotopic (exact) mass is 343 g/mol. The van der Waals surface area contributed by atoms with Gasteiger partial charge in [0.15, 0.2) is 23.1 Å². The fourth-order valence-corrected chi connectivity index (χ4v) is 2.73. The molecule has 3 rings (SSSR count). The first-order valence-electron chi connectivity index (χ1n) is 7.56. The lowest BCUT2D eigenvalue weighted by Crippen LogP contribution is -1.97. The van der Waals surface area contributed by atoms with Crippen LogP contribution in [0.3, 0.4) is 0 Å². The normalized spacial score (nSPS) is 10.6. The van der Waals surface area contributed by atoms with Gasteiger partial charge in [0.2, 0.25) is 5.75 Å². The van der Waals surface area contributed by atoms with Crippen molar-refractivity contribution in [3.63, 3.8) is 0 Å². The molecule has 5 nitrogen and oxygen atoms in total. The molecule has 0 fully saturated rings. The zero-order valence-electron chi connectivity index (χ0n) is 14.4. The topological polar surface area (TPSA) is 49.8 Å². The predicted octanol–water partition coefficient (Wildman–Crippen LogP) is 4.08. The molecule has 1 aromatic heterocycles. The highest BCUT2D eigenvalue weighted by atomic mass is 19.1. The van der Waals surface area contributed by atoms with Gasteiger partial charge in [-0.2, -0.15) is 0 Å². The molecule has 6 heteroatoms. The maximum atomic E-state index is 14.0. The summed E-state index contributed by atoms with van der Waals surface area (Å²) in [6, 6.07) is 10.2. The number of pyridine rings is 1. The summed E-state index contributed by atoms with van der Waals surface area (Å²) >= 11 is 0. The molecule has 0 N–H and O–H groups in total. The first kappa shape index (κ1) is 16.8. The second-order valence-electron chi connectivity index (χ2n) is 5.26. The van der Waals surface area contributed by atoms with Crippen molar-refractivity contribution in [2.24, 2.45) is 0 Å². The molecule has 130 valence electrons. The Morgan fingerprint density at radius 3 is 2.08 bits per heavy atom. The minimum atomic E-state index is -0.438. The molecule has 0 saturated heterocycles. The number of halogens is 1. The number of methoxy groups -OCH3 is 4. The van der Waals surface area contributed by atoms with Crippen molar-refractivity contribution in [3.05, 3.63) is 42.2 Å². The maximum Gasteiger partial charge on any atom is 0.204 e. The summed E-state index contributed by atoms with van der Waals surface area (Å²) in [5, 5.41) is 0.776. The fraction of sp³-hybridized carbons (Fsp3) is 0.211. The van der Waals surface area contributed by atoms with Gasteiger partial charge in [0.1, 0.15) is 0 Å². The van der Waals surface area contributed by atoms with Crippen LogP contribution in [0.4, 0.5) is 4.39 Å². The van der Waals surface area contributed by atoms with Crippen LogP contribution in [0.2, 0.25) is 0 Å². The van der Waals surface area contributed by atoms with Gasteiger partial charge >= 0.3 is 0 Å². The molecule has 2 aromatic carbocycles. The van der Waals surface area contributed by atoms with Gasteiger partial charge in [-0.3, -0.25) is 0 Å². The van der Waals surface area contributed by atoms with Gasteiger partial charge < -0.3 is 18.9 Å². The molecule has 0 aliphatic heterocycles. The number of benzene rings is 2. The molecular formula is C19H18FNO4. The van der Waals surface area contributed by atoms with Crippen molar-refractivity contribution < 1.29 is 23.3 Å². The zero-order valence-corrected chi connectivity index (χ0v) is 14.4. The van der Waals surface area contributed by atoms with E-state index >= 15 is 0 Å². The highest BCUT2D eigenvalue weighted by Gasteiger charge is 2.17. The second kappa shape index (κ2) is 6.84. The van der Waals surface area contributed by atoms with Crippen LogP contribution in [0, 0.1) is 5.82 Å². The second-order valence-corrected chi connectivity index (χ2v) is 5.26. The number of rotatable bonds is 5. The summed E-state index contributed by atoms with van der Waals surface area (Å²) in [5.74, 6) is 1.31. The number of ether oxygens (including phenoxy) is 4. The van der Waals surface area contributed by atoms with E-state index in [0.717, 1.165) is 5.39 Å². The molecule has 25 heavy (non-hydrogen) atoms. The molecule has 1 heterocycles. The standard InChI is InChI=1S/C19H18FNO4/c1-22-16-8-5-11(9-13(16)20)14-7-6-12-15(21-14)10-17(23-2)19(25-4)18(12)24-3/h5-10H,1-4H3. The van der Waals surface area contributed by atoms with Gasteiger partial charge in [-0.1, -0.05) is 0 Å². The van der Waals surface area contributed by atoms with E-state index in [4.69, 9.17) is 18.9 Å². The Morgan fingerprint density at radius 1 is 0.760 bits per heavy atom. The van der Waals surface area contributed by atoms with E-state index < -0.39 is 5.82 Å². The van der Waals surface area contributed by atoms with E-state index in [0.29, 0.717) is 34.0 Å². The van der Waals surface area contributed by atoms with Crippen LogP contribution in [0.25, 0.3) is 22.2 Å². The first-order valence-corrected chi connectivity index (χ1v) is 7.56. The maximum absolute atomic E-state index is 14.0. The fourth-order valence-electron chi connectivity index (χ4n) is 2.73. The molecule has 0 aliphatic carbocycles. The Bertz CT molecular complexity index is 927. The van der Waals surface area contributed by atoms with Gasteiger partial charge in [0.05, 0.1) is 39.6 Å². The van der Waals surface area contributed by atoms with Gasteiger partial charge in [0.25, 0.3) is 0 Å². The van der Waals surface area contributed by atoms with Crippen molar-refractivity contribution in [2.75, 3.05) is 28.4 Å². The minimum Gasteiger partial charge on any atom is -0.494 e. The largest absolute Gasteiger partial charge is 0.494 e. The van der Waals surface area contributed by atoms with Crippen LogP contribution >= 0.6 is 0 Å². The first-order chi connectivity index (χ1) is 12.1. The molecule has 0 unspecified atom stereocenters. The number of hydrogen-bond donors (Lipinski definition) is 0. The van der Waals surface area contributed by atoms with Gasteiger partial charge in [-0.25, -0.2) is 9.37 Å². The van der Waals surface area contributed by atoms with Crippen molar-refractivity contribution in [1.82, 2.24) is 4.98 Å². The Balaban J connectivity index is 2.18. The summed E-state index contributed by atoms with van der Waals surface area (Å²) in [7, 11) is 6.09. The van der Waals surface area contributed by atoms with Gasteiger partial charge in [-0.15, -0.1) is 0 Å². The van der Waals surface area contributed by atoms with Gasteiger partial charge in [-0.05, 0) is 30.3 Å². The molecule has 0 amide bonds. The SMILES string of the molecule is COc1ccc(-c2ccc3c(OC)c(OC)c(OC)cc3n2)cc1F. The lowest BCUT2D eigenvalue weighted by Gasteiger charge is -2.15. The van der Waals surface area contributed by atoms with E-state index in [9.17, 15) is 4.39 Å². The molecule has 0 atom stereocenters. The zero-order chi connectivity index (χ0) is 18.0. The number of hydrogen-bond acceptors (Lipinski definition) is 5. The van der Waals surface area contributed by atoms with Crippen LogP contribution in [0.5, 0.6) is 23.0 Å². The molecule has 0 spiro atoms. The summed E-state index contributed by atoms with van der Waals surface area (Å²) < 4.78 is 35.1. The number of nitrogens with zero attached hydrogens (tertiary/aromatic N) is 1. The predicted molar refractivity (Wildman–Crippen MR) is 93.3 cm³/mol. The quantitative estimate of drug-likeness (QED) is 0.699. The summed E-state index contributed by atoms with van der Waals surface area (Å²) in [5.41, 5.74) is 1.93. The van der Waals surface area contributed by atoms with Crippen LogP contribution in [0.1, 0.15) is 0 Å². The van der Waals surface area contributed by atoms with Crippen molar-refractivity contribution in [2.45, 2.75) is 0 Å². The lowest BCUT2D eigenvalue weighted by molar-refractivity contribution is 0.327. The Labute approximate surface area is 144 Å². The van der Waals surface area contributed by atoms with Gasteiger partial charge in [0, 0.05) is 17.0 Å². The molecule has 0 saturated carbocycles. The summed E-state index contributed by atoms with van der Waals surface area (Å²) in [4.78, 5) is 4.61. The lowest BCUT2D eigenvalue weighted by atomic mass is 10.1. The van der Waals surface area contributed by atoms with Crippen LogP contribution in [0.15, 0.2) is 36.4 Å². The minimum absolute atomic E-state index is 0.192. The highest BCUT2D eigenvalue weighted by molar-refractivity contribution is 5.92. The van der Waals surface area contributed by atoms with E-state index in [1.807, 2.05) is 6.07 Å². The highest BCUT2D eigenvalue weighted by Crippen LogP contribution is 2.43. The molecular weight excluding hydrogens is 325 g/mol. The third-order valence-electron chi connectivity index (χ3n) is 3.94. The Hall–Kier alpha value is -3.02. The molecule has 3 aromatic rings. The smallest absolute Gasteiger partial charge is 0.204 e. The van der Waals surface area contributed by atoms with Crippen LogP contribution in [-0.2, 0) is 0 Å². The van der Waals surface area contributed by atoms with Crippen molar-refractivity contribution >= 4 is 10.9 Å². The van der Waals surface area contributed by atoms with Crippen LogP contribution < -0.4 is 18.9 Å². The average Bonchev–Trinajstić information content (AvgIpc) is 2.65. The van der Waals surface area contributed by atoms with E-state index in [2.05, 4.69) is 4.98 Å². The molecule has 0 radical (unpaired) electrons. The van der Waals surface area contributed by atoms with E-state index in [1.165, 1.54) is 13.2 Å². The number of fused-ring (bicyclic) bond motifs is 1. The Morgan fingerprint density at radius 2 is 1.48 bits per heavy atom. The van der Waals surface area contributed by atoms with E-state index in [-0.39, 0.29) is 5.75 Å². The summed E-state index contributed by atoms with van der Waals surface area (Å²) in [6.45, 7) is 0. The summed E-state index contributed by atoms with van der Waals surface area (Å²) in [6.07, 6.45) is 0. The number of aromatic nitrogens is 1. The van der Waals surface area contributed by atoms with Crippen LogP contribution in [-0.4, -0.2) is 33.4 Å². The van der Waals surface area contributed by atoms with Crippen molar-refractivity contribution in [3.8, 4) is 34.3 Å². The average molecular weight is 343 g/mol. The third-order valence-corrected chi connectivity index (χ3v) is 3.94. The molecule has 0 bridgehead atoms.